The van der Waals surface area contributed by atoms with Crippen LogP contribution in [0.15, 0.2) is 0 Å². The van der Waals surface area contributed by atoms with Crippen LogP contribution in [0.5, 0.6) is 0 Å². The number of aliphatic carboxylic acids is 1. The van der Waals surface area contributed by atoms with E-state index in [4.69, 9.17) is 9.84 Å². The number of carboxylic acids is 1. The molecule has 4 heteroatoms. The Morgan fingerprint density at radius 1 is 1.35 bits per heavy atom. The van der Waals surface area contributed by atoms with Gasteiger partial charge in [-0.1, -0.05) is 20.8 Å². The van der Waals surface area contributed by atoms with Crippen LogP contribution in [-0.4, -0.2) is 48.3 Å². The van der Waals surface area contributed by atoms with Gasteiger partial charge in [-0.05, 0) is 31.2 Å². The first-order valence-electron chi connectivity index (χ1n) is 6.42. The lowest BCUT2D eigenvalue weighted by molar-refractivity contribution is -0.145. The number of piperidine rings is 1. The van der Waals surface area contributed by atoms with Gasteiger partial charge < -0.3 is 14.7 Å². The number of hydrogen-bond acceptors (Lipinski definition) is 3. The number of likely N-dealkylation sites (tertiary alicyclic amines) is 1. The Kier molecular flexibility index (Phi) is 5.40. The van der Waals surface area contributed by atoms with Crippen molar-refractivity contribution in [2.24, 2.45) is 5.41 Å². The largest absolute Gasteiger partial charge is 0.480 e. The van der Waals surface area contributed by atoms with Crippen LogP contribution in [0.3, 0.4) is 0 Å². The molecule has 0 saturated carbocycles. The molecule has 0 amide bonds. The molecule has 0 bridgehead atoms. The van der Waals surface area contributed by atoms with Gasteiger partial charge in [0.2, 0.25) is 0 Å². The van der Waals surface area contributed by atoms with Crippen LogP contribution in [-0.2, 0) is 9.53 Å². The third-order valence-electron chi connectivity index (χ3n) is 3.16. The summed E-state index contributed by atoms with van der Waals surface area (Å²) in [5.41, 5.74) is 0.386. The van der Waals surface area contributed by atoms with Crippen LogP contribution in [0.2, 0.25) is 0 Å². The molecule has 1 saturated heterocycles. The summed E-state index contributed by atoms with van der Waals surface area (Å²) in [7, 11) is 0. The molecule has 0 aromatic carbocycles. The maximum Gasteiger partial charge on any atom is 0.329 e. The van der Waals surface area contributed by atoms with Gasteiger partial charge in [0.15, 0.2) is 0 Å². The Morgan fingerprint density at radius 3 is 2.41 bits per heavy atom. The fraction of sp³-hybridized carbons (Fsp3) is 0.923. The van der Waals surface area contributed by atoms with E-state index < -0.39 is 5.97 Å². The van der Waals surface area contributed by atoms with Crippen molar-refractivity contribution in [1.82, 2.24) is 4.90 Å². The molecule has 100 valence electrons. The molecule has 1 aliphatic rings. The highest BCUT2D eigenvalue weighted by Crippen LogP contribution is 2.21. The van der Waals surface area contributed by atoms with Gasteiger partial charge in [-0.25, -0.2) is 4.79 Å². The first kappa shape index (κ1) is 14.5. The van der Waals surface area contributed by atoms with Gasteiger partial charge in [0.25, 0.3) is 0 Å². The molecule has 0 spiro atoms. The molecule has 0 atom stereocenters. The molecule has 4 nitrogen and oxygen atoms in total. The quantitative estimate of drug-likeness (QED) is 0.802. The topological polar surface area (TPSA) is 49.8 Å². The molecule has 0 aliphatic carbocycles. The molecular weight excluding hydrogens is 218 g/mol. The van der Waals surface area contributed by atoms with Crippen molar-refractivity contribution in [1.29, 1.82) is 0 Å². The van der Waals surface area contributed by atoms with Gasteiger partial charge in [-0.3, -0.25) is 0 Å². The average Bonchev–Trinajstić information content (AvgIpc) is 2.24. The molecule has 1 fully saturated rings. The van der Waals surface area contributed by atoms with E-state index in [1.165, 1.54) is 6.42 Å². The zero-order chi connectivity index (χ0) is 12.9. The molecule has 0 aromatic rings. The standard InChI is InChI=1S/C13H25NO3/c1-13(2,3)6-9-14-7-4-11(5-8-14)17-10-12(15)16/h11H,4-10H2,1-3H3,(H,15,16). The van der Waals surface area contributed by atoms with Crippen molar-refractivity contribution in [3.63, 3.8) is 0 Å². The Morgan fingerprint density at radius 2 is 1.94 bits per heavy atom. The summed E-state index contributed by atoms with van der Waals surface area (Å²) in [4.78, 5) is 12.8. The summed E-state index contributed by atoms with van der Waals surface area (Å²) in [6.07, 6.45) is 3.25. The van der Waals surface area contributed by atoms with Crippen molar-refractivity contribution in [2.75, 3.05) is 26.2 Å². The Bertz CT molecular complexity index is 240. The second kappa shape index (κ2) is 6.36. The van der Waals surface area contributed by atoms with Crippen LogP contribution in [0.25, 0.3) is 0 Å². The Hall–Kier alpha value is -0.610. The number of nitrogens with zero attached hydrogens (tertiary/aromatic N) is 1. The van der Waals surface area contributed by atoms with E-state index >= 15 is 0 Å². The number of rotatable bonds is 5. The number of carboxylic acid groups (broad SMARTS) is 1. The third-order valence-corrected chi connectivity index (χ3v) is 3.16. The SMILES string of the molecule is CC(C)(C)CCN1CCC(OCC(=O)O)CC1. The number of ether oxygens (including phenoxy) is 1. The lowest BCUT2D eigenvalue weighted by Crippen LogP contribution is -2.39. The van der Waals surface area contributed by atoms with Gasteiger partial charge in [-0.2, -0.15) is 0 Å². The summed E-state index contributed by atoms with van der Waals surface area (Å²) < 4.78 is 5.31. The van der Waals surface area contributed by atoms with E-state index in [1.54, 1.807) is 0 Å². The highest BCUT2D eigenvalue weighted by Gasteiger charge is 2.21. The molecule has 1 N–H and O–H groups in total. The van der Waals surface area contributed by atoms with Gasteiger partial charge in [0.1, 0.15) is 6.61 Å². The fourth-order valence-corrected chi connectivity index (χ4v) is 1.98. The van der Waals surface area contributed by atoms with Crippen molar-refractivity contribution >= 4 is 5.97 Å². The van der Waals surface area contributed by atoms with Gasteiger partial charge in [0.05, 0.1) is 6.10 Å². The van der Waals surface area contributed by atoms with E-state index in [-0.39, 0.29) is 12.7 Å². The summed E-state index contributed by atoms with van der Waals surface area (Å²) in [6, 6.07) is 0. The minimum absolute atomic E-state index is 0.136. The predicted molar refractivity (Wildman–Crippen MR) is 67.1 cm³/mol. The van der Waals surface area contributed by atoms with Crippen LogP contribution in [0.1, 0.15) is 40.0 Å². The Balaban J connectivity index is 2.15. The van der Waals surface area contributed by atoms with Crippen molar-refractivity contribution in [3.05, 3.63) is 0 Å². The van der Waals surface area contributed by atoms with Crippen molar-refractivity contribution in [2.45, 2.75) is 46.1 Å². The zero-order valence-corrected chi connectivity index (χ0v) is 11.2. The minimum Gasteiger partial charge on any atom is -0.480 e. The van der Waals surface area contributed by atoms with Gasteiger partial charge in [0, 0.05) is 13.1 Å². The molecule has 0 aromatic heterocycles. The fourth-order valence-electron chi connectivity index (χ4n) is 1.98. The van der Waals surface area contributed by atoms with E-state index in [0.29, 0.717) is 5.41 Å². The lowest BCUT2D eigenvalue weighted by atomic mass is 9.91. The number of hydrogen-bond donors (Lipinski definition) is 1. The normalized spacial score (nSPS) is 19.5. The minimum atomic E-state index is -0.875. The highest BCUT2D eigenvalue weighted by atomic mass is 16.5. The maximum absolute atomic E-state index is 10.4. The van der Waals surface area contributed by atoms with Crippen LogP contribution in [0.4, 0.5) is 0 Å². The third kappa shape index (κ3) is 6.64. The smallest absolute Gasteiger partial charge is 0.329 e. The van der Waals surface area contributed by atoms with Gasteiger partial charge in [-0.15, -0.1) is 0 Å². The molecule has 0 radical (unpaired) electrons. The molecule has 0 unspecified atom stereocenters. The molecule has 1 heterocycles. The monoisotopic (exact) mass is 243 g/mol. The number of carbonyl (C=O) groups is 1. The summed E-state index contributed by atoms with van der Waals surface area (Å²) in [5, 5.41) is 8.53. The predicted octanol–water partition coefficient (Wildman–Crippen LogP) is 1.99. The van der Waals surface area contributed by atoms with E-state index in [1.807, 2.05) is 0 Å². The van der Waals surface area contributed by atoms with Crippen LogP contribution in [0, 0.1) is 5.41 Å². The van der Waals surface area contributed by atoms with Crippen molar-refractivity contribution < 1.29 is 14.6 Å². The van der Waals surface area contributed by atoms with Crippen molar-refractivity contribution in [3.8, 4) is 0 Å². The van der Waals surface area contributed by atoms with Crippen LogP contribution >= 0.6 is 0 Å². The second-order valence-electron chi connectivity index (χ2n) is 6.06. The van der Waals surface area contributed by atoms with E-state index in [9.17, 15) is 4.79 Å². The molecule has 1 aliphatic heterocycles. The summed E-state index contributed by atoms with van der Waals surface area (Å²) in [5.74, 6) is -0.875. The van der Waals surface area contributed by atoms with E-state index in [2.05, 4.69) is 25.7 Å². The molecule has 17 heavy (non-hydrogen) atoms. The summed E-state index contributed by atoms with van der Waals surface area (Å²) >= 11 is 0. The zero-order valence-electron chi connectivity index (χ0n) is 11.2. The first-order chi connectivity index (χ1) is 7.87. The first-order valence-corrected chi connectivity index (χ1v) is 6.42. The summed E-state index contributed by atoms with van der Waals surface area (Å²) in [6.45, 7) is 9.81. The lowest BCUT2D eigenvalue weighted by Gasteiger charge is -2.33. The molecular formula is C13H25NO3. The molecule has 1 rings (SSSR count). The Labute approximate surface area is 104 Å². The van der Waals surface area contributed by atoms with Crippen LogP contribution < -0.4 is 0 Å². The van der Waals surface area contributed by atoms with E-state index in [0.717, 1.165) is 32.5 Å². The second-order valence-corrected chi connectivity index (χ2v) is 6.06. The highest BCUT2D eigenvalue weighted by molar-refractivity contribution is 5.68. The average molecular weight is 243 g/mol. The maximum atomic E-state index is 10.4. The van der Waals surface area contributed by atoms with Gasteiger partial charge >= 0.3 is 5.97 Å².